The lowest BCUT2D eigenvalue weighted by atomic mass is 10.0. The molecule has 6 nitrogen and oxygen atoms in total. The zero-order valence-electron chi connectivity index (χ0n) is 18.1. The molecule has 2 aromatic rings. The smallest absolute Gasteiger partial charge is 0.150 e. The predicted octanol–water partition coefficient (Wildman–Crippen LogP) is 4.75. The Morgan fingerprint density at radius 2 is 2.00 bits per heavy atom. The van der Waals surface area contributed by atoms with E-state index in [1.807, 2.05) is 18.3 Å². The average molecular weight is 447 g/mol. The van der Waals surface area contributed by atoms with E-state index < -0.39 is 0 Å². The number of halogens is 2. The van der Waals surface area contributed by atoms with Crippen molar-refractivity contribution in [3.8, 4) is 0 Å². The van der Waals surface area contributed by atoms with E-state index in [0.717, 1.165) is 47.3 Å². The molecule has 160 valence electrons. The summed E-state index contributed by atoms with van der Waals surface area (Å²) in [7, 11) is 0. The van der Waals surface area contributed by atoms with E-state index in [1.54, 1.807) is 0 Å². The van der Waals surface area contributed by atoms with Gasteiger partial charge in [0.25, 0.3) is 0 Å². The van der Waals surface area contributed by atoms with E-state index in [0.29, 0.717) is 28.9 Å². The average Bonchev–Trinajstić information content (AvgIpc) is 2.70. The summed E-state index contributed by atoms with van der Waals surface area (Å²) in [6, 6.07) is 4.63. The van der Waals surface area contributed by atoms with Crippen molar-refractivity contribution in [2.24, 2.45) is 4.99 Å². The summed E-state index contributed by atoms with van der Waals surface area (Å²) in [5, 5.41) is 4.27. The van der Waals surface area contributed by atoms with E-state index >= 15 is 0 Å². The number of hydrogen-bond donors (Lipinski definition) is 1. The lowest BCUT2D eigenvalue weighted by Gasteiger charge is -2.42. The van der Waals surface area contributed by atoms with Gasteiger partial charge in [-0.25, -0.2) is 9.98 Å². The van der Waals surface area contributed by atoms with Crippen LogP contribution in [0.2, 0.25) is 10.2 Å². The number of aryl methyl sites for hydroxylation is 1. The molecule has 30 heavy (non-hydrogen) atoms. The molecule has 1 fully saturated rings. The van der Waals surface area contributed by atoms with Crippen LogP contribution < -0.4 is 10.2 Å². The molecular weight excluding hydrogens is 419 g/mol. The Labute approximate surface area is 188 Å². The summed E-state index contributed by atoms with van der Waals surface area (Å²) < 4.78 is 0. The van der Waals surface area contributed by atoms with Crippen LogP contribution in [0.25, 0.3) is 0 Å². The van der Waals surface area contributed by atoms with Crippen LogP contribution in [0.4, 0.5) is 11.5 Å². The number of fused-ring (bicyclic) bond motifs is 1. The van der Waals surface area contributed by atoms with E-state index in [1.165, 1.54) is 0 Å². The van der Waals surface area contributed by atoms with Crippen molar-refractivity contribution < 1.29 is 0 Å². The number of nitrogens with one attached hydrogen (secondary N) is 1. The molecule has 4 rings (SSSR count). The SMILES string of the molecule is Cc1ccnc(C(C)C)c1N1CN=C(N2C[C@@H](C)NC[C@@H]2C)c2cc(Cl)c(Cl)nc21. The van der Waals surface area contributed by atoms with Gasteiger partial charge in [0.15, 0.2) is 0 Å². The van der Waals surface area contributed by atoms with Crippen molar-refractivity contribution >= 4 is 40.5 Å². The van der Waals surface area contributed by atoms with Crippen molar-refractivity contribution in [3.05, 3.63) is 45.3 Å². The first-order valence-corrected chi connectivity index (χ1v) is 11.2. The summed E-state index contributed by atoms with van der Waals surface area (Å²) in [6.45, 7) is 13.0. The van der Waals surface area contributed by atoms with E-state index in [-0.39, 0.29) is 5.92 Å². The number of aliphatic imine (C=N–C) groups is 1. The lowest BCUT2D eigenvalue weighted by Crippen LogP contribution is -2.57. The molecule has 0 saturated carbocycles. The summed E-state index contributed by atoms with van der Waals surface area (Å²) in [5.41, 5.74) is 4.12. The number of nitrogens with zero attached hydrogens (tertiary/aromatic N) is 5. The molecule has 0 radical (unpaired) electrons. The Kier molecular flexibility index (Phi) is 5.93. The monoisotopic (exact) mass is 446 g/mol. The third kappa shape index (κ3) is 3.77. The summed E-state index contributed by atoms with van der Waals surface area (Å²) in [6.07, 6.45) is 1.86. The fraction of sp³-hybridized carbons (Fsp3) is 0.500. The van der Waals surface area contributed by atoms with Crippen LogP contribution in [0.1, 0.15) is 50.4 Å². The lowest BCUT2D eigenvalue weighted by molar-refractivity contribution is 0.234. The molecule has 0 amide bonds. The maximum atomic E-state index is 6.41. The van der Waals surface area contributed by atoms with Gasteiger partial charge in [0.1, 0.15) is 23.5 Å². The van der Waals surface area contributed by atoms with Gasteiger partial charge in [0.2, 0.25) is 0 Å². The number of anilines is 2. The first-order chi connectivity index (χ1) is 14.3. The third-order valence-corrected chi connectivity index (χ3v) is 6.45. The van der Waals surface area contributed by atoms with Gasteiger partial charge in [-0.05, 0) is 44.4 Å². The molecule has 0 bridgehead atoms. The fourth-order valence-electron chi connectivity index (χ4n) is 4.20. The van der Waals surface area contributed by atoms with Gasteiger partial charge < -0.3 is 15.1 Å². The summed E-state index contributed by atoms with van der Waals surface area (Å²) in [4.78, 5) is 18.9. The maximum Gasteiger partial charge on any atom is 0.150 e. The van der Waals surface area contributed by atoms with Crippen LogP contribution in [0, 0.1) is 6.92 Å². The quantitative estimate of drug-likeness (QED) is 0.674. The predicted molar refractivity (Wildman–Crippen MR) is 124 cm³/mol. The molecule has 2 aromatic heterocycles. The normalized spacial score (nSPS) is 21.7. The van der Waals surface area contributed by atoms with Crippen molar-refractivity contribution in [1.82, 2.24) is 20.2 Å². The van der Waals surface area contributed by atoms with Gasteiger partial charge in [0, 0.05) is 31.4 Å². The van der Waals surface area contributed by atoms with Crippen molar-refractivity contribution in [3.63, 3.8) is 0 Å². The Morgan fingerprint density at radius 3 is 2.73 bits per heavy atom. The number of aromatic nitrogens is 2. The second kappa shape index (κ2) is 8.33. The van der Waals surface area contributed by atoms with Crippen LogP contribution >= 0.6 is 23.2 Å². The first kappa shape index (κ1) is 21.3. The minimum absolute atomic E-state index is 0.269. The van der Waals surface area contributed by atoms with Gasteiger partial charge in [-0.2, -0.15) is 0 Å². The molecule has 2 aliphatic rings. The fourth-order valence-corrected chi connectivity index (χ4v) is 4.49. The zero-order chi connectivity index (χ0) is 21.6. The van der Waals surface area contributed by atoms with Crippen LogP contribution in [-0.2, 0) is 0 Å². The highest BCUT2D eigenvalue weighted by Crippen LogP contribution is 2.39. The molecule has 0 aliphatic carbocycles. The highest BCUT2D eigenvalue weighted by molar-refractivity contribution is 6.41. The number of pyridine rings is 2. The third-order valence-electron chi connectivity index (χ3n) is 5.78. The van der Waals surface area contributed by atoms with Crippen LogP contribution in [-0.4, -0.2) is 52.5 Å². The minimum atomic E-state index is 0.269. The van der Waals surface area contributed by atoms with Crippen LogP contribution in [0.3, 0.4) is 0 Å². The van der Waals surface area contributed by atoms with Gasteiger partial charge >= 0.3 is 0 Å². The van der Waals surface area contributed by atoms with E-state index in [4.69, 9.17) is 33.2 Å². The van der Waals surface area contributed by atoms with Crippen molar-refractivity contribution in [2.45, 2.75) is 52.6 Å². The molecule has 2 aliphatic heterocycles. The van der Waals surface area contributed by atoms with Crippen LogP contribution in [0.5, 0.6) is 0 Å². The molecule has 0 unspecified atom stereocenters. The first-order valence-electron chi connectivity index (χ1n) is 10.4. The topological polar surface area (TPSA) is 56.7 Å². The Morgan fingerprint density at radius 1 is 1.23 bits per heavy atom. The van der Waals surface area contributed by atoms with Crippen LogP contribution in [0.15, 0.2) is 23.3 Å². The van der Waals surface area contributed by atoms with Gasteiger partial charge in [0.05, 0.1) is 22.0 Å². The summed E-state index contributed by atoms with van der Waals surface area (Å²) >= 11 is 12.8. The molecule has 0 aromatic carbocycles. The molecular formula is C22H28Cl2N6. The van der Waals surface area contributed by atoms with Gasteiger partial charge in [-0.3, -0.25) is 4.98 Å². The van der Waals surface area contributed by atoms with Crippen molar-refractivity contribution in [2.75, 3.05) is 24.7 Å². The largest absolute Gasteiger partial charge is 0.351 e. The number of rotatable bonds is 2. The Bertz CT molecular complexity index is 990. The second-order valence-electron chi connectivity index (χ2n) is 8.51. The molecule has 4 heterocycles. The maximum absolute atomic E-state index is 6.41. The Hall–Kier alpha value is -1.89. The zero-order valence-corrected chi connectivity index (χ0v) is 19.6. The second-order valence-corrected chi connectivity index (χ2v) is 9.28. The van der Waals surface area contributed by atoms with Gasteiger partial charge in [-0.1, -0.05) is 37.0 Å². The standard InChI is InChI=1S/C22H28Cl2N6/c1-12(2)18-19(13(3)6-7-25-18)30-11-27-21(29-10-14(4)26-9-15(29)5)16-8-17(23)20(24)28-22(16)30/h6-8,12,14-15,26H,9-11H2,1-5H3/t14-,15+/m1/s1. The Balaban J connectivity index is 1.86. The summed E-state index contributed by atoms with van der Waals surface area (Å²) in [5.74, 6) is 1.98. The molecule has 0 spiro atoms. The minimum Gasteiger partial charge on any atom is -0.351 e. The molecule has 1 saturated heterocycles. The molecule has 1 N–H and O–H groups in total. The van der Waals surface area contributed by atoms with E-state index in [9.17, 15) is 0 Å². The number of piperazine rings is 1. The highest BCUT2D eigenvalue weighted by atomic mass is 35.5. The van der Waals surface area contributed by atoms with Gasteiger partial charge in [-0.15, -0.1) is 0 Å². The van der Waals surface area contributed by atoms with E-state index in [2.05, 4.69) is 54.7 Å². The molecule has 2 atom stereocenters. The number of hydrogen-bond acceptors (Lipinski definition) is 6. The van der Waals surface area contributed by atoms with Crippen molar-refractivity contribution in [1.29, 1.82) is 0 Å². The molecule has 8 heteroatoms. The number of amidine groups is 1. The highest BCUT2D eigenvalue weighted by Gasteiger charge is 2.33.